The Labute approximate surface area is 277 Å². The number of carbonyl (C=O) groups is 2. The molecular weight excluding hydrogens is 611 g/mol. The van der Waals surface area contributed by atoms with Gasteiger partial charge in [-0.25, -0.2) is 14.3 Å². The van der Waals surface area contributed by atoms with E-state index in [0.717, 1.165) is 41.2 Å². The highest BCUT2D eigenvalue weighted by molar-refractivity contribution is 6.66. The lowest BCUT2D eigenvalue weighted by molar-refractivity contribution is -0.0366. The number of ether oxygens (including phenoxy) is 3. The Morgan fingerprint density at radius 1 is 1.17 bits per heavy atom. The summed E-state index contributed by atoms with van der Waals surface area (Å²) in [5.74, 6) is 0. The van der Waals surface area contributed by atoms with Gasteiger partial charge in [0.25, 0.3) is 0 Å². The molecule has 11 nitrogen and oxygen atoms in total. The maximum atomic E-state index is 12.7. The van der Waals surface area contributed by atoms with Crippen molar-refractivity contribution >= 4 is 53.3 Å². The van der Waals surface area contributed by atoms with Crippen LogP contribution in [0.5, 0.6) is 0 Å². The maximum Gasteiger partial charge on any atom is 0.496 e. The molecule has 2 atom stereocenters. The fraction of sp³-hybridized carbons (Fsp3) is 0.667. The molecule has 1 N–H and O–H groups in total. The summed E-state index contributed by atoms with van der Waals surface area (Å²) < 4.78 is 31.9. The van der Waals surface area contributed by atoms with E-state index in [2.05, 4.69) is 5.32 Å². The molecular formula is C33H48BClN4O7. The van der Waals surface area contributed by atoms with Crippen molar-refractivity contribution in [3.8, 4) is 0 Å². The fourth-order valence-electron chi connectivity index (χ4n) is 5.97. The lowest BCUT2D eigenvalue weighted by Crippen LogP contribution is -2.49. The van der Waals surface area contributed by atoms with Gasteiger partial charge in [0.05, 0.1) is 35.1 Å². The van der Waals surface area contributed by atoms with Gasteiger partial charge in [0.2, 0.25) is 0 Å². The molecule has 1 unspecified atom stereocenters. The summed E-state index contributed by atoms with van der Waals surface area (Å²) >= 11 is 6.96. The van der Waals surface area contributed by atoms with Gasteiger partial charge in [0.15, 0.2) is 6.23 Å². The first kappa shape index (κ1) is 34.5. The van der Waals surface area contributed by atoms with Crippen molar-refractivity contribution in [2.75, 3.05) is 26.3 Å². The van der Waals surface area contributed by atoms with E-state index >= 15 is 0 Å². The summed E-state index contributed by atoms with van der Waals surface area (Å²) in [5, 5.41) is 9.06. The highest BCUT2D eigenvalue weighted by atomic mass is 35.5. The zero-order valence-corrected chi connectivity index (χ0v) is 29.2. The molecule has 3 saturated heterocycles. The lowest BCUT2D eigenvalue weighted by Gasteiger charge is -2.32. The number of alkyl carbamates (subject to hydrolysis) is 1. The van der Waals surface area contributed by atoms with Crippen molar-refractivity contribution in [2.45, 2.75) is 116 Å². The summed E-state index contributed by atoms with van der Waals surface area (Å²) in [6.45, 7) is 17.2. The number of rotatable bonds is 7. The first-order chi connectivity index (χ1) is 21.5. The SMILES string of the molecule is CC(C)(C)OC(=O)N1CC[C@@](C)(NC(=O)OCC/C=C\c2c(Cl)cc3c(cnn3C3CCCCO3)c2B2OC(C)(C)C(C)(C)O2)C1. The summed E-state index contributed by atoms with van der Waals surface area (Å²) in [5.41, 5.74) is 0.169. The van der Waals surface area contributed by atoms with Gasteiger partial charge in [-0.05, 0) is 99.1 Å². The highest BCUT2D eigenvalue weighted by Gasteiger charge is 2.53. The minimum absolute atomic E-state index is 0.148. The van der Waals surface area contributed by atoms with Crippen LogP contribution in [0.2, 0.25) is 5.02 Å². The van der Waals surface area contributed by atoms with E-state index in [1.807, 2.05) is 84.5 Å². The van der Waals surface area contributed by atoms with Gasteiger partial charge in [-0.15, -0.1) is 0 Å². The van der Waals surface area contributed by atoms with E-state index in [1.54, 1.807) is 4.90 Å². The minimum Gasteiger partial charge on any atom is -0.449 e. The third-order valence-corrected chi connectivity index (χ3v) is 9.50. The molecule has 0 bridgehead atoms. The molecule has 2 amide bonds. The van der Waals surface area contributed by atoms with E-state index in [0.29, 0.717) is 37.6 Å². The summed E-state index contributed by atoms with van der Waals surface area (Å²) in [4.78, 5) is 26.7. The van der Waals surface area contributed by atoms with E-state index in [1.165, 1.54) is 0 Å². The van der Waals surface area contributed by atoms with Gasteiger partial charge in [0, 0.05) is 35.6 Å². The topological polar surface area (TPSA) is 113 Å². The molecule has 46 heavy (non-hydrogen) atoms. The molecule has 1 aromatic heterocycles. The molecule has 0 aliphatic carbocycles. The standard InChI is InChI=1S/C33H48BClN4O7/c1-30(2,3)44-29(41)38-16-15-33(8,21-38)37-28(40)43-18-11-9-13-22-24(35)19-25-23(20-36-39(25)26-14-10-12-17-42-26)27(22)34-45-31(4,5)32(6,7)46-34/h9,13,19-20,26H,10-12,14-18,21H2,1-8H3,(H,37,40)/b13-9-/t26?,33-/m1/s1. The highest BCUT2D eigenvalue weighted by Crippen LogP contribution is 2.39. The number of nitrogens with zero attached hydrogens (tertiary/aromatic N) is 3. The number of likely N-dealkylation sites (tertiary alicyclic amines) is 1. The van der Waals surface area contributed by atoms with Crippen molar-refractivity contribution in [3.63, 3.8) is 0 Å². The van der Waals surface area contributed by atoms with Crippen LogP contribution in [0.25, 0.3) is 17.0 Å². The molecule has 0 saturated carbocycles. The van der Waals surface area contributed by atoms with Gasteiger partial charge < -0.3 is 33.7 Å². The average molecular weight is 659 g/mol. The van der Waals surface area contributed by atoms with Crippen molar-refractivity contribution < 1.29 is 33.1 Å². The second-order valence-electron chi connectivity index (χ2n) is 14.8. The van der Waals surface area contributed by atoms with Crippen LogP contribution in [0.3, 0.4) is 0 Å². The van der Waals surface area contributed by atoms with Crippen LogP contribution in [-0.4, -0.2) is 82.6 Å². The predicted molar refractivity (Wildman–Crippen MR) is 178 cm³/mol. The van der Waals surface area contributed by atoms with Crippen LogP contribution >= 0.6 is 11.6 Å². The Balaban J connectivity index is 1.27. The van der Waals surface area contributed by atoms with Crippen molar-refractivity contribution in [2.24, 2.45) is 0 Å². The summed E-state index contributed by atoms with van der Waals surface area (Å²) in [7, 11) is -0.662. The molecule has 3 aliphatic heterocycles. The number of fused-ring (bicyclic) bond motifs is 1. The molecule has 252 valence electrons. The molecule has 2 aromatic rings. The van der Waals surface area contributed by atoms with Crippen LogP contribution < -0.4 is 10.8 Å². The Bertz CT molecular complexity index is 1460. The maximum absolute atomic E-state index is 12.7. The first-order valence-electron chi connectivity index (χ1n) is 16.2. The normalized spacial score (nSPS) is 24.6. The summed E-state index contributed by atoms with van der Waals surface area (Å²) in [6, 6.07) is 1.92. The number of halogens is 1. The second-order valence-corrected chi connectivity index (χ2v) is 15.2. The lowest BCUT2D eigenvalue weighted by atomic mass is 9.73. The number of nitrogens with one attached hydrogen (secondary N) is 1. The molecule has 0 spiro atoms. The molecule has 0 radical (unpaired) electrons. The first-order valence-corrected chi connectivity index (χ1v) is 16.6. The third-order valence-electron chi connectivity index (χ3n) is 9.18. The van der Waals surface area contributed by atoms with Gasteiger partial charge in [-0.3, -0.25) is 0 Å². The average Bonchev–Trinajstić information content (AvgIpc) is 3.60. The Morgan fingerprint density at radius 2 is 1.89 bits per heavy atom. The molecule has 4 heterocycles. The van der Waals surface area contributed by atoms with Gasteiger partial charge in [-0.1, -0.05) is 23.8 Å². The molecule has 3 fully saturated rings. The number of carbonyl (C=O) groups excluding carboxylic acids is 2. The van der Waals surface area contributed by atoms with E-state index < -0.39 is 35.6 Å². The molecule has 3 aliphatic rings. The van der Waals surface area contributed by atoms with Gasteiger partial charge in [0.1, 0.15) is 5.60 Å². The smallest absolute Gasteiger partial charge is 0.449 e. The van der Waals surface area contributed by atoms with Crippen molar-refractivity contribution in [3.05, 3.63) is 28.9 Å². The van der Waals surface area contributed by atoms with Crippen LogP contribution in [0, 0.1) is 0 Å². The van der Waals surface area contributed by atoms with E-state index in [4.69, 9.17) is 40.2 Å². The Kier molecular flexibility index (Phi) is 9.77. The van der Waals surface area contributed by atoms with Gasteiger partial charge >= 0.3 is 19.3 Å². The monoisotopic (exact) mass is 658 g/mol. The zero-order chi connectivity index (χ0) is 33.5. The zero-order valence-electron chi connectivity index (χ0n) is 28.4. The quantitative estimate of drug-likeness (QED) is 0.276. The predicted octanol–water partition coefficient (Wildman–Crippen LogP) is 6.22. The Morgan fingerprint density at radius 3 is 2.54 bits per heavy atom. The number of amides is 2. The second kappa shape index (κ2) is 13.0. The number of benzene rings is 1. The number of hydrogen-bond donors (Lipinski definition) is 1. The van der Waals surface area contributed by atoms with E-state index in [9.17, 15) is 9.59 Å². The molecule has 13 heteroatoms. The van der Waals surface area contributed by atoms with Crippen LogP contribution in [-0.2, 0) is 23.5 Å². The van der Waals surface area contributed by atoms with Crippen LogP contribution in [0.4, 0.5) is 9.59 Å². The van der Waals surface area contributed by atoms with Crippen molar-refractivity contribution in [1.29, 1.82) is 0 Å². The van der Waals surface area contributed by atoms with Crippen LogP contribution in [0.15, 0.2) is 18.3 Å². The largest absolute Gasteiger partial charge is 0.496 e. The Hall–Kier alpha value is -2.80. The molecule has 1 aromatic carbocycles. The number of hydrogen-bond acceptors (Lipinski definition) is 8. The fourth-order valence-corrected chi connectivity index (χ4v) is 6.24. The van der Waals surface area contributed by atoms with Crippen molar-refractivity contribution in [1.82, 2.24) is 20.0 Å². The third kappa shape index (κ3) is 7.51. The van der Waals surface area contributed by atoms with Crippen LogP contribution in [0.1, 0.15) is 99.3 Å². The minimum atomic E-state index is -0.662. The number of aromatic nitrogens is 2. The van der Waals surface area contributed by atoms with Gasteiger partial charge in [-0.2, -0.15) is 5.10 Å². The molecule has 5 rings (SSSR count). The summed E-state index contributed by atoms with van der Waals surface area (Å²) in [6.07, 6.45) is 8.69. The van der Waals surface area contributed by atoms with E-state index in [-0.39, 0.29) is 18.9 Å².